The Morgan fingerprint density at radius 3 is 2.89 bits per heavy atom. The Balaban J connectivity index is 2.62. The average molecular weight is 255 g/mol. The van der Waals surface area contributed by atoms with E-state index in [1.165, 1.54) is 7.11 Å². The van der Waals surface area contributed by atoms with Crippen LogP contribution in [-0.2, 0) is 6.54 Å². The van der Waals surface area contributed by atoms with Crippen molar-refractivity contribution in [3.8, 4) is 5.75 Å². The quantitative estimate of drug-likeness (QED) is 0.349. The predicted octanol–water partition coefficient (Wildman–Crippen LogP) is 1.40. The molecule has 1 aromatic rings. The summed E-state index contributed by atoms with van der Waals surface area (Å²) in [5, 5.41) is 11.3. The van der Waals surface area contributed by atoms with Gasteiger partial charge in [-0.15, -0.1) is 0 Å². The molecule has 6 heteroatoms. The fourth-order valence-electron chi connectivity index (χ4n) is 1.56. The molecule has 5 nitrogen and oxygen atoms in total. The molecule has 0 aliphatic carbocycles. The summed E-state index contributed by atoms with van der Waals surface area (Å²) < 4.78 is 18.8. The van der Waals surface area contributed by atoms with E-state index in [1.807, 2.05) is 11.9 Å². The Hall–Kier alpha value is -1.82. The molecule has 0 aromatic heterocycles. The summed E-state index contributed by atoms with van der Waals surface area (Å²) in [5.41, 5.74) is 5.92. The van der Waals surface area contributed by atoms with Crippen molar-refractivity contribution in [1.82, 2.24) is 4.90 Å². The number of halogens is 1. The fourth-order valence-corrected chi connectivity index (χ4v) is 1.56. The Kier molecular flexibility index (Phi) is 5.38. The minimum Gasteiger partial charge on any atom is -0.494 e. The maximum atomic E-state index is 13.9. The Morgan fingerprint density at radius 1 is 1.56 bits per heavy atom. The minimum atomic E-state index is -0.351. The molecule has 0 unspecified atom stereocenters. The smallest absolute Gasteiger partial charge is 0.169 e. The lowest BCUT2D eigenvalue weighted by atomic mass is 10.2. The van der Waals surface area contributed by atoms with Crippen molar-refractivity contribution in [2.75, 3.05) is 20.7 Å². The summed E-state index contributed by atoms with van der Waals surface area (Å²) in [6, 6.07) is 5.03. The van der Waals surface area contributed by atoms with Gasteiger partial charge in [-0.25, -0.2) is 4.39 Å². The number of hydrogen-bond donors (Lipinski definition) is 2. The standard InChI is InChI=1S/C12H18FN3O2/c1-16(7-6-11(14)15-17)8-9-4-3-5-10(18-2)12(9)13/h3-5,17H,6-8H2,1-2H3,(H2,14,15). The fraction of sp³-hybridized carbons (Fsp3) is 0.417. The van der Waals surface area contributed by atoms with E-state index in [-0.39, 0.29) is 17.4 Å². The van der Waals surface area contributed by atoms with Gasteiger partial charge < -0.3 is 20.6 Å². The predicted molar refractivity (Wildman–Crippen MR) is 67.3 cm³/mol. The van der Waals surface area contributed by atoms with Crippen LogP contribution in [0.4, 0.5) is 4.39 Å². The van der Waals surface area contributed by atoms with Crippen molar-refractivity contribution in [3.63, 3.8) is 0 Å². The number of oxime groups is 1. The van der Waals surface area contributed by atoms with Crippen LogP contribution < -0.4 is 10.5 Å². The average Bonchev–Trinajstić information content (AvgIpc) is 2.38. The summed E-state index contributed by atoms with van der Waals surface area (Å²) in [6.45, 7) is 1.01. The van der Waals surface area contributed by atoms with Crippen LogP contribution in [-0.4, -0.2) is 36.6 Å². The highest BCUT2D eigenvalue weighted by Gasteiger charge is 2.10. The molecular weight excluding hydrogens is 237 g/mol. The van der Waals surface area contributed by atoms with Gasteiger partial charge in [-0.05, 0) is 13.1 Å². The number of nitrogens with zero attached hydrogens (tertiary/aromatic N) is 2. The Morgan fingerprint density at radius 2 is 2.28 bits per heavy atom. The molecule has 0 spiro atoms. The van der Waals surface area contributed by atoms with E-state index in [4.69, 9.17) is 15.7 Å². The number of amidine groups is 1. The van der Waals surface area contributed by atoms with Crippen molar-refractivity contribution in [1.29, 1.82) is 0 Å². The van der Waals surface area contributed by atoms with E-state index >= 15 is 0 Å². The second-order valence-electron chi connectivity index (χ2n) is 4.01. The van der Waals surface area contributed by atoms with Crippen molar-refractivity contribution in [2.45, 2.75) is 13.0 Å². The zero-order valence-corrected chi connectivity index (χ0v) is 10.6. The van der Waals surface area contributed by atoms with Gasteiger partial charge in [0, 0.05) is 25.1 Å². The zero-order chi connectivity index (χ0) is 13.5. The lowest BCUT2D eigenvalue weighted by Crippen LogP contribution is -2.24. The molecule has 0 bridgehead atoms. The molecule has 0 saturated carbocycles. The topological polar surface area (TPSA) is 71.1 Å². The molecule has 0 fully saturated rings. The van der Waals surface area contributed by atoms with Crippen LogP contribution in [0.15, 0.2) is 23.4 Å². The van der Waals surface area contributed by atoms with Crippen molar-refractivity contribution >= 4 is 5.84 Å². The number of rotatable bonds is 6. The summed E-state index contributed by atoms with van der Waals surface area (Å²) in [5.74, 6) is 0.0425. The maximum absolute atomic E-state index is 13.9. The lowest BCUT2D eigenvalue weighted by Gasteiger charge is -2.17. The number of ether oxygens (including phenoxy) is 1. The van der Waals surface area contributed by atoms with Gasteiger partial charge in [0.05, 0.1) is 7.11 Å². The molecule has 0 radical (unpaired) electrons. The van der Waals surface area contributed by atoms with Crippen molar-refractivity contribution < 1.29 is 14.3 Å². The molecule has 1 rings (SSSR count). The summed E-state index contributed by atoms with van der Waals surface area (Å²) >= 11 is 0. The van der Waals surface area contributed by atoms with Gasteiger partial charge in [0.1, 0.15) is 5.84 Å². The van der Waals surface area contributed by atoms with Gasteiger partial charge in [0.2, 0.25) is 0 Å². The summed E-state index contributed by atoms with van der Waals surface area (Å²) in [7, 11) is 3.27. The number of benzene rings is 1. The second-order valence-corrected chi connectivity index (χ2v) is 4.01. The first-order chi connectivity index (χ1) is 8.58. The van der Waals surface area contributed by atoms with Gasteiger partial charge in [-0.1, -0.05) is 17.3 Å². The SMILES string of the molecule is COc1cccc(CN(C)CC/C(N)=N/O)c1F. The maximum Gasteiger partial charge on any atom is 0.169 e. The van der Waals surface area contributed by atoms with Crippen LogP contribution in [0.3, 0.4) is 0 Å². The molecule has 0 aliphatic heterocycles. The summed E-state index contributed by atoms with van der Waals surface area (Å²) in [6.07, 6.45) is 0.429. The Bertz CT molecular complexity index is 424. The van der Waals surface area contributed by atoms with Crippen molar-refractivity contribution in [2.24, 2.45) is 10.9 Å². The van der Waals surface area contributed by atoms with E-state index in [0.717, 1.165) is 0 Å². The molecule has 0 aliphatic rings. The molecule has 3 N–H and O–H groups in total. The number of hydrogen-bond acceptors (Lipinski definition) is 4. The van der Waals surface area contributed by atoms with Gasteiger partial charge in [-0.2, -0.15) is 0 Å². The molecule has 0 amide bonds. The molecular formula is C12H18FN3O2. The lowest BCUT2D eigenvalue weighted by molar-refractivity contribution is 0.307. The van der Waals surface area contributed by atoms with Gasteiger partial charge in [0.15, 0.2) is 11.6 Å². The molecule has 0 saturated heterocycles. The number of nitrogens with two attached hydrogens (primary N) is 1. The highest BCUT2D eigenvalue weighted by molar-refractivity contribution is 5.79. The van der Waals surface area contributed by atoms with E-state index in [0.29, 0.717) is 25.1 Å². The third kappa shape index (κ3) is 3.89. The Labute approximate surface area is 106 Å². The van der Waals surface area contributed by atoms with Crippen LogP contribution in [0.5, 0.6) is 5.75 Å². The summed E-state index contributed by atoms with van der Waals surface area (Å²) in [4.78, 5) is 1.88. The second kappa shape index (κ2) is 6.80. The molecule has 1 aromatic carbocycles. The highest BCUT2D eigenvalue weighted by Crippen LogP contribution is 2.20. The van der Waals surface area contributed by atoms with E-state index in [1.54, 1.807) is 18.2 Å². The monoisotopic (exact) mass is 255 g/mol. The first-order valence-corrected chi connectivity index (χ1v) is 5.54. The first kappa shape index (κ1) is 14.2. The van der Waals surface area contributed by atoms with Crippen LogP contribution in [0.1, 0.15) is 12.0 Å². The third-order valence-electron chi connectivity index (χ3n) is 2.58. The van der Waals surface area contributed by atoms with E-state index < -0.39 is 0 Å². The van der Waals surface area contributed by atoms with Crippen LogP contribution in [0.25, 0.3) is 0 Å². The van der Waals surface area contributed by atoms with Gasteiger partial charge in [0.25, 0.3) is 0 Å². The number of methoxy groups -OCH3 is 1. The van der Waals surface area contributed by atoms with E-state index in [2.05, 4.69) is 5.16 Å². The highest BCUT2D eigenvalue weighted by atomic mass is 19.1. The molecule has 18 heavy (non-hydrogen) atoms. The van der Waals surface area contributed by atoms with Gasteiger partial charge >= 0.3 is 0 Å². The van der Waals surface area contributed by atoms with E-state index in [9.17, 15) is 4.39 Å². The van der Waals surface area contributed by atoms with Crippen LogP contribution in [0.2, 0.25) is 0 Å². The zero-order valence-electron chi connectivity index (χ0n) is 10.6. The van der Waals surface area contributed by atoms with Crippen LogP contribution >= 0.6 is 0 Å². The largest absolute Gasteiger partial charge is 0.494 e. The van der Waals surface area contributed by atoms with Crippen molar-refractivity contribution in [3.05, 3.63) is 29.6 Å². The first-order valence-electron chi connectivity index (χ1n) is 5.54. The third-order valence-corrected chi connectivity index (χ3v) is 2.58. The normalized spacial score (nSPS) is 11.9. The van der Waals surface area contributed by atoms with Crippen LogP contribution in [0, 0.1) is 5.82 Å². The molecule has 100 valence electrons. The molecule has 0 atom stereocenters. The molecule has 0 heterocycles. The minimum absolute atomic E-state index is 0.160. The van der Waals surface area contributed by atoms with Gasteiger partial charge in [-0.3, -0.25) is 0 Å².